The molecule has 0 aliphatic heterocycles. The highest BCUT2D eigenvalue weighted by Crippen LogP contribution is 2.56. The third kappa shape index (κ3) is 2.19. The second kappa shape index (κ2) is 4.05. The maximum atomic E-state index is 11.9. The molecular formula is C11H19NO4. The maximum absolute atomic E-state index is 11.9. The highest BCUT2D eigenvalue weighted by molar-refractivity contribution is 6.03. The maximum Gasteiger partial charge on any atom is 0.342 e. The Bertz CT molecular complexity index is 308. The highest BCUT2D eigenvalue weighted by atomic mass is 16.7. The first kappa shape index (κ1) is 13.0. The van der Waals surface area contributed by atoms with E-state index in [1.807, 2.05) is 6.92 Å². The van der Waals surface area contributed by atoms with Gasteiger partial charge in [-0.05, 0) is 33.1 Å². The van der Waals surface area contributed by atoms with Crippen LogP contribution in [-0.4, -0.2) is 17.5 Å². The Kier molecular flexibility index (Phi) is 3.28. The first-order valence-electron chi connectivity index (χ1n) is 5.42. The Morgan fingerprint density at radius 1 is 1.38 bits per heavy atom. The first-order valence-corrected chi connectivity index (χ1v) is 5.42. The van der Waals surface area contributed by atoms with E-state index < -0.39 is 23.0 Å². The Morgan fingerprint density at radius 3 is 2.25 bits per heavy atom. The van der Waals surface area contributed by atoms with Gasteiger partial charge in [-0.15, -0.1) is 0 Å². The molecule has 0 radical (unpaired) electrons. The summed E-state index contributed by atoms with van der Waals surface area (Å²) in [4.78, 5) is 27.7. The van der Waals surface area contributed by atoms with Crippen molar-refractivity contribution in [2.75, 3.05) is 0 Å². The predicted octanol–water partition coefficient (Wildman–Crippen LogP) is 1.16. The smallest absolute Gasteiger partial charge is 0.342 e. The summed E-state index contributed by atoms with van der Waals surface area (Å²) in [6.45, 7) is 7.20. The first-order chi connectivity index (χ1) is 7.28. The summed E-state index contributed by atoms with van der Waals surface area (Å²) < 4.78 is 5.22. The lowest BCUT2D eigenvalue weighted by Crippen LogP contribution is -2.37. The van der Waals surface area contributed by atoms with E-state index in [1.54, 1.807) is 20.8 Å². The van der Waals surface area contributed by atoms with Gasteiger partial charge in [-0.3, -0.25) is 4.79 Å². The fourth-order valence-electron chi connectivity index (χ4n) is 1.88. The lowest BCUT2D eigenvalue weighted by molar-refractivity contribution is -0.173. The second-order valence-electron chi connectivity index (χ2n) is 5.19. The molecule has 2 N–H and O–H groups in total. The average molecular weight is 229 g/mol. The van der Waals surface area contributed by atoms with E-state index in [2.05, 4.69) is 4.84 Å². The van der Waals surface area contributed by atoms with Gasteiger partial charge in [-0.25, -0.2) is 4.79 Å². The van der Waals surface area contributed by atoms with E-state index in [0.717, 1.165) is 6.42 Å². The van der Waals surface area contributed by atoms with Crippen molar-refractivity contribution in [2.24, 2.45) is 17.2 Å². The van der Waals surface area contributed by atoms with E-state index in [0.29, 0.717) is 6.42 Å². The van der Waals surface area contributed by atoms with Gasteiger partial charge in [0.05, 0.1) is 0 Å². The van der Waals surface area contributed by atoms with Crippen LogP contribution in [0.5, 0.6) is 0 Å². The number of nitrogens with two attached hydrogens (primary N) is 1. The number of hydrogen-bond acceptors (Lipinski definition) is 5. The number of hydrogen-bond donors (Lipinski definition) is 1. The molecule has 0 spiro atoms. The van der Waals surface area contributed by atoms with Crippen LogP contribution in [0.2, 0.25) is 0 Å². The van der Waals surface area contributed by atoms with Gasteiger partial charge in [0, 0.05) is 0 Å². The largest absolute Gasteiger partial charge is 0.459 e. The second-order valence-corrected chi connectivity index (χ2v) is 5.19. The third-order valence-electron chi connectivity index (χ3n) is 2.83. The summed E-state index contributed by atoms with van der Waals surface area (Å²) in [5.41, 5.74) is -1.77. The minimum atomic E-state index is -1.16. The summed E-state index contributed by atoms with van der Waals surface area (Å²) in [6.07, 6.45) is 1.20. The lowest BCUT2D eigenvalue weighted by atomic mass is 10.0. The van der Waals surface area contributed by atoms with Gasteiger partial charge in [0.25, 0.3) is 0 Å². The number of esters is 1. The van der Waals surface area contributed by atoms with Gasteiger partial charge in [-0.1, -0.05) is 13.3 Å². The fourth-order valence-corrected chi connectivity index (χ4v) is 1.88. The molecule has 5 nitrogen and oxygen atoms in total. The molecule has 2 atom stereocenters. The predicted molar refractivity (Wildman–Crippen MR) is 57.0 cm³/mol. The summed E-state index contributed by atoms with van der Waals surface area (Å²) in [5, 5.41) is 0. The zero-order valence-electron chi connectivity index (χ0n) is 10.2. The van der Waals surface area contributed by atoms with Crippen molar-refractivity contribution in [2.45, 2.75) is 46.1 Å². The molecule has 0 bridgehead atoms. The van der Waals surface area contributed by atoms with Crippen LogP contribution in [0.4, 0.5) is 0 Å². The molecule has 0 amide bonds. The monoisotopic (exact) mass is 229 g/mol. The standard InChI is InChI=1S/C11H19NO4/c1-5-7-6-11(7,9(14)16-12)8(13)15-10(2,3)4/h7H,5-6,12H2,1-4H3/t7-,11-/m0/s1. The van der Waals surface area contributed by atoms with Crippen molar-refractivity contribution in [1.82, 2.24) is 0 Å². The van der Waals surface area contributed by atoms with Gasteiger partial charge in [-0.2, -0.15) is 5.90 Å². The third-order valence-corrected chi connectivity index (χ3v) is 2.83. The van der Waals surface area contributed by atoms with Crippen LogP contribution < -0.4 is 5.90 Å². The molecule has 0 aromatic rings. The van der Waals surface area contributed by atoms with Crippen molar-refractivity contribution < 1.29 is 19.2 Å². The summed E-state index contributed by atoms with van der Waals surface area (Å²) in [7, 11) is 0. The van der Waals surface area contributed by atoms with Crippen molar-refractivity contribution in [1.29, 1.82) is 0 Å². The van der Waals surface area contributed by atoms with Gasteiger partial charge in [0.15, 0.2) is 5.41 Å². The quantitative estimate of drug-likeness (QED) is 0.446. The van der Waals surface area contributed by atoms with Crippen LogP contribution in [0.3, 0.4) is 0 Å². The highest BCUT2D eigenvalue weighted by Gasteiger charge is 2.67. The van der Waals surface area contributed by atoms with Crippen molar-refractivity contribution in [3.8, 4) is 0 Å². The van der Waals surface area contributed by atoms with Crippen LogP contribution in [0.25, 0.3) is 0 Å². The fraction of sp³-hybridized carbons (Fsp3) is 0.818. The lowest BCUT2D eigenvalue weighted by Gasteiger charge is -2.23. The van der Waals surface area contributed by atoms with Crippen molar-refractivity contribution in [3.05, 3.63) is 0 Å². The van der Waals surface area contributed by atoms with Crippen LogP contribution in [0.15, 0.2) is 0 Å². The molecule has 5 heteroatoms. The molecule has 1 rings (SSSR count). The van der Waals surface area contributed by atoms with Gasteiger partial charge >= 0.3 is 11.9 Å². The van der Waals surface area contributed by atoms with E-state index >= 15 is 0 Å². The molecule has 1 fully saturated rings. The average Bonchev–Trinajstić information content (AvgIpc) is 2.89. The topological polar surface area (TPSA) is 78.6 Å². The molecule has 0 heterocycles. The van der Waals surface area contributed by atoms with Gasteiger partial charge in [0.2, 0.25) is 0 Å². The van der Waals surface area contributed by atoms with Crippen LogP contribution in [0, 0.1) is 11.3 Å². The van der Waals surface area contributed by atoms with E-state index in [4.69, 9.17) is 10.6 Å². The Labute approximate surface area is 95.2 Å². The summed E-state index contributed by atoms with van der Waals surface area (Å²) in [5.74, 6) is 3.63. The molecule has 0 unspecified atom stereocenters. The number of carbonyl (C=O) groups excluding carboxylic acids is 2. The molecule has 0 aromatic heterocycles. The number of rotatable bonds is 3. The van der Waals surface area contributed by atoms with E-state index in [1.165, 1.54) is 0 Å². The molecule has 0 aromatic carbocycles. The molecular weight excluding hydrogens is 210 g/mol. The van der Waals surface area contributed by atoms with Crippen LogP contribution in [-0.2, 0) is 19.2 Å². The van der Waals surface area contributed by atoms with Gasteiger partial charge < -0.3 is 9.57 Å². The summed E-state index contributed by atoms with van der Waals surface area (Å²) >= 11 is 0. The molecule has 1 aliphatic rings. The summed E-state index contributed by atoms with van der Waals surface area (Å²) in [6, 6.07) is 0. The SMILES string of the molecule is CC[C@H]1C[C@@]1(C(=O)ON)C(=O)OC(C)(C)C. The van der Waals surface area contributed by atoms with Crippen LogP contribution >= 0.6 is 0 Å². The Balaban J connectivity index is 2.81. The van der Waals surface area contributed by atoms with Crippen molar-refractivity contribution >= 4 is 11.9 Å². The minimum Gasteiger partial charge on any atom is -0.459 e. The van der Waals surface area contributed by atoms with E-state index in [-0.39, 0.29) is 5.92 Å². The molecule has 1 aliphatic carbocycles. The van der Waals surface area contributed by atoms with Crippen molar-refractivity contribution in [3.63, 3.8) is 0 Å². The Hall–Kier alpha value is -1.10. The molecule has 16 heavy (non-hydrogen) atoms. The minimum absolute atomic E-state index is 0.0154. The number of ether oxygens (including phenoxy) is 1. The van der Waals surface area contributed by atoms with Gasteiger partial charge in [0.1, 0.15) is 5.60 Å². The normalized spacial score (nSPS) is 28.4. The molecule has 0 saturated heterocycles. The Morgan fingerprint density at radius 2 is 1.94 bits per heavy atom. The number of carbonyl (C=O) groups is 2. The zero-order chi connectivity index (χ0) is 12.6. The molecule has 92 valence electrons. The zero-order valence-corrected chi connectivity index (χ0v) is 10.2. The van der Waals surface area contributed by atoms with Crippen LogP contribution in [0.1, 0.15) is 40.5 Å². The van der Waals surface area contributed by atoms with E-state index in [9.17, 15) is 9.59 Å². The molecule has 1 saturated carbocycles.